The molecule has 0 aromatic heterocycles. The number of hydrogen-bond acceptors (Lipinski definition) is 2. The van der Waals surface area contributed by atoms with Crippen molar-refractivity contribution in [3.8, 4) is 0 Å². The molecule has 3 N–H and O–H groups in total. The zero-order chi connectivity index (χ0) is 14.0. The third kappa shape index (κ3) is 3.05. The average Bonchev–Trinajstić information content (AvgIpc) is 2.36. The zero-order valence-corrected chi connectivity index (χ0v) is 11.5. The van der Waals surface area contributed by atoms with E-state index < -0.39 is 0 Å². The molecule has 0 heterocycles. The molecule has 0 aliphatic heterocycles. The molecule has 0 saturated carbocycles. The van der Waals surface area contributed by atoms with Crippen LogP contribution in [0.3, 0.4) is 0 Å². The number of halogens is 1. The van der Waals surface area contributed by atoms with Crippen LogP contribution < -0.4 is 11.1 Å². The van der Waals surface area contributed by atoms with Gasteiger partial charge in [0.05, 0.1) is 11.4 Å². The van der Waals surface area contributed by atoms with Gasteiger partial charge in [-0.2, -0.15) is 0 Å². The fourth-order valence-corrected chi connectivity index (χ4v) is 1.94. The Balaban J connectivity index is 2.31. The van der Waals surface area contributed by atoms with Gasteiger partial charge in [0.2, 0.25) is 0 Å². The maximum atomic E-state index is 13.4. The number of nitrogens with two attached hydrogens (primary N) is 1. The van der Waals surface area contributed by atoms with Crippen molar-refractivity contribution in [2.75, 3.05) is 11.1 Å². The molecular formula is C16H19FN2. The lowest BCUT2D eigenvalue weighted by Crippen LogP contribution is -1.99. The van der Waals surface area contributed by atoms with Crippen molar-refractivity contribution in [3.05, 3.63) is 53.3 Å². The minimum Gasteiger partial charge on any atom is -0.397 e. The molecule has 100 valence electrons. The van der Waals surface area contributed by atoms with Crippen molar-refractivity contribution in [2.45, 2.75) is 26.7 Å². The highest BCUT2D eigenvalue weighted by Gasteiger charge is 2.06. The molecule has 0 aliphatic carbocycles. The molecule has 0 fully saturated rings. The molecule has 0 bridgehead atoms. The Morgan fingerprint density at radius 2 is 1.89 bits per heavy atom. The summed E-state index contributed by atoms with van der Waals surface area (Å²) in [5, 5.41) is 3.24. The van der Waals surface area contributed by atoms with Crippen LogP contribution in [-0.4, -0.2) is 0 Å². The fourth-order valence-electron chi connectivity index (χ4n) is 1.94. The smallest absolute Gasteiger partial charge is 0.128 e. The molecule has 0 unspecified atom stereocenters. The predicted octanol–water partition coefficient (Wildman–Crippen LogP) is 4.58. The minimum atomic E-state index is -0.279. The molecule has 19 heavy (non-hydrogen) atoms. The molecule has 0 radical (unpaired) electrons. The third-order valence-corrected chi connectivity index (χ3v) is 3.16. The van der Waals surface area contributed by atoms with Gasteiger partial charge in [0.25, 0.3) is 0 Å². The Hall–Kier alpha value is -2.03. The summed E-state index contributed by atoms with van der Waals surface area (Å²) in [6.45, 7) is 6.02. The summed E-state index contributed by atoms with van der Waals surface area (Å²) in [4.78, 5) is 0. The number of rotatable bonds is 3. The van der Waals surface area contributed by atoms with Crippen LogP contribution in [0.2, 0.25) is 0 Å². The maximum absolute atomic E-state index is 13.4. The monoisotopic (exact) mass is 258 g/mol. The molecule has 0 atom stereocenters. The van der Waals surface area contributed by atoms with Gasteiger partial charge >= 0.3 is 0 Å². The molecule has 2 aromatic rings. The third-order valence-electron chi connectivity index (χ3n) is 3.16. The first-order valence-corrected chi connectivity index (χ1v) is 6.40. The van der Waals surface area contributed by atoms with Gasteiger partial charge < -0.3 is 11.1 Å². The highest BCUT2D eigenvalue weighted by Crippen LogP contribution is 2.27. The van der Waals surface area contributed by atoms with Crippen LogP contribution in [0.5, 0.6) is 0 Å². The molecule has 2 nitrogen and oxygen atoms in total. The van der Waals surface area contributed by atoms with Crippen molar-refractivity contribution in [3.63, 3.8) is 0 Å². The van der Waals surface area contributed by atoms with Crippen LogP contribution in [0.4, 0.5) is 21.5 Å². The molecule has 0 amide bonds. The number of aryl methyl sites for hydroxylation is 1. The predicted molar refractivity (Wildman–Crippen MR) is 79.4 cm³/mol. The number of benzene rings is 2. The van der Waals surface area contributed by atoms with Gasteiger partial charge in [-0.3, -0.25) is 0 Å². The van der Waals surface area contributed by atoms with Crippen molar-refractivity contribution in [1.82, 2.24) is 0 Å². The van der Waals surface area contributed by atoms with E-state index in [0.717, 1.165) is 11.4 Å². The Labute approximate surface area is 113 Å². The molecule has 3 heteroatoms. The lowest BCUT2D eigenvalue weighted by molar-refractivity contribution is 0.619. The summed E-state index contributed by atoms with van der Waals surface area (Å²) in [7, 11) is 0. The second-order valence-corrected chi connectivity index (χ2v) is 5.09. The number of anilines is 3. The summed E-state index contributed by atoms with van der Waals surface area (Å²) in [5.74, 6) is 0.188. The first-order chi connectivity index (χ1) is 8.97. The first kappa shape index (κ1) is 13.4. The van der Waals surface area contributed by atoms with Crippen LogP contribution in [0.1, 0.15) is 30.9 Å². The molecule has 2 rings (SSSR count). The Kier molecular flexibility index (Phi) is 3.74. The topological polar surface area (TPSA) is 38.0 Å². The fraction of sp³-hybridized carbons (Fsp3) is 0.250. The Morgan fingerprint density at radius 1 is 1.16 bits per heavy atom. The summed E-state index contributed by atoms with van der Waals surface area (Å²) in [6, 6.07) is 11.2. The van der Waals surface area contributed by atoms with E-state index in [-0.39, 0.29) is 5.82 Å². The summed E-state index contributed by atoms with van der Waals surface area (Å²) in [6.07, 6.45) is 0. The SMILES string of the molecule is Cc1cc(Nc2cccc(C(C)C)c2)c(N)cc1F. The second-order valence-electron chi connectivity index (χ2n) is 5.09. The van der Waals surface area contributed by atoms with Crippen LogP contribution in [-0.2, 0) is 0 Å². The molecule has 0 saturated heterocycles. The van der Waals surface area contributed by atoms with Gasteiger partial charge in [0.1, 0.15) is 5.82 Å². The van der Waals surface area contributed by atoms with Gasteiger partial charge in [0, 0.05) is 5.69 Å². The van der Waals surface area contributed by atoms with E-state index in [2.05, 4.69) is 31.3 Å². The zero-order valence-electron chi connectivity index (χ0n) is 11.5. The number of nitrogen functional groups attached to an aromatic ring is 1. The van der Waals surface area contributed by atoms with Gasteiger partial charge in [-0.05, 0) is 48.2 Å². The van der Waals surface area contributed by atoms with Gasteiger partial charge in [-0.25, -0.2) is 4.39 Å². The molecule has 2 aromatic carbocycles. The van der Waals surface area contributed by atoms with E-state index >= 15 is 0 Å². The van der Waals surface area contributed by atoms with E-state index in [1.807, 2.05) is 12.1 Å². The van der Waals surface area contributed by atoms with Crippen molar-refractivity contribution in [2.24, 2.45) is 0 Å². The number of hydrogen-bond donors (Lipinski definition) is 2. The van der Waals surface area contributed by atoms with E-state index in [0.29, 0.717) is 17.2 Å². The van der Waals surface area contributed by atoms with Gasteiger partial charge in [-0.15, -0.1) is 0 Å². The standard InChI is InChI=1S/C16H19FN2/c1-10(2)12-5-4-6-13(8-12)19-16-7-11(3)14(17)9-15(16)18/h4-10,19H,18H2,1-3H3. The van der Waals surface area contributed by atoms with Crippen molar-refractivity contribution < 1.29 is 4.39 Å². The normalized spacial score (nSPS) is 10.8. The highest BCUT2D eigenvalue weighted by atomic mass is 19.1. The molecule has 0 spiro atoms. The molecule has 0 aliphatic rings. The van der Waals surface area contributed by atoms with Crippen LogP contribution in [0.15, 0.2) is 36.4 Å². The van der Waals surface area contributed by atoms with E-state index in [9.17, 15) is 4.39 Å². The van der Waals surface area contributed by atoms with E-state index in [1.54, 1.807) is 13.0 Å². The lowest BCUT2D eigenvalue weighted by Gasteiger charge is -2.13. The Bertz CT molecular complexity index is 591. The van der Waals surface area contributed by atoms with Crippen LogP contribution in [0.25, 0.3) is 0 Å². The highest BCUT2D eigenvalue weighted by molar-refractivity contribution is 5.73. The Morgan fingerprint density at radius 3 is 2.58 bits per heavy atom. The van der Waals surface area contributed by atoms with Gasteiger partial charge in [-0.1, -0.05) is 26.0 Å². The summed E-state index contributed by atoms with van der Waals surface area (Å²) < 4.78 is 13.4. The van der Waals surface area contributed by atoms with E-state index in [4.69, 9.17) is 5.73 Å². The second kappa shape index (κ2) is 5.31. The number of nitrogens with one attached hydrogen (secondary N) is 1. The largest absolute Gasteiger partial charge is 0.397 e. The first-order valence-electron chi connectivity index (χ1n) is 6.40. The lowest BCUT2D eigenvalue weighted by atomic mass is 10.0. The molecular weight excluding hydrogens is 239 g/mol. The van der Waals surface area contributed by atoms with E-state index in [1.165, 1.54) is 11.6 Å². The van der Waals surface area contributed by atoms with Gasteiger partial charge in [0.15, 0.2) is 0 Å². The average molecular weight is 258 g/mol. The van der Waals surface area contributed by atoms with Crippen LogP contribution >= 0.6 is 0 Å². The van der Waals surface area contributed by atoms with Crippen molar-refractivity contribution >= 4 is 17.1 Å². The summed E-state index contributed by atoms with van der Waals surface area (Å²) >= 11 is 0. The maximum Gasteiger partial charge on any atom is 0.128 e. The quantitative estimate of drug-likeness (QED) is 0.791. The minimum absolute atomic E-state index is 0.279. The van der Waals surface area contributed by atoms with Crippen molar-refractivity contribution in [1.29, 1.82) is 0 Å². The summed E-state index contributed by atoms with van der Waals surface area (Å²) in [5.41, 5.74) is 9.78. The van der Waals surface area contributed by atoms with Crippen LogP contribution in [0, 0.1) is 12.7 Å².